The minimum absolute atomic E-state index is 0.0671. The van der Waals surface area contributed by atoms with Gasteiger partial charge in [-0.2, -0.15) is 0 Å². The second-order valence-corrected chi connectivity index (χ2v) is 10.4. The fourth-order valence-electron chi connectivity index (χ4n) is 0.0976. The van der Waals surface area contributed by atoms with E-state index in [2.05, 4.69) is 0 Å². The number of aliphatic hydroxyl groups is 1. The van der Waals surface area contributed by atoms with Crippen LogP contribution in [0.25, 0.3) is 0 Å². The van der Waals surface area contributed by atoms with E-state index in [9.17, 15) is 0 Å². The summed E-state index contributed by atoms with van der Waals surface area (Å²) in [5.41, 5.74) is 0. The summed E-state index contributed by atoms with van der Waals surface area (Å²) in [6.07, 6.45) is 0.461. The zero-order valence-electron chi connectivity index (χ0n) is 16.4. The molecule has 0 aliphatic rings. The van der Waals surface area contributed by atoms with Gasteiger partial charge in [-0.05, 0) is 0 Å². The zero-order valence-corrected chi connectivity index (χ0v) is 31.5. The first kappa shape index (κ1) is 66.8. The predicted octanol–water partition coefficient (Wildman–Crippen LogP) is 14.0. The highest BCUT2D eigenvalue weighted by Crippen LogP contribution is 2.04. The van der Waals surface area contributed by atoms with E-state index in [1.165, 1.54) is 0 Å². The molecule has 1 N–H and O–H groups in total. The quantitative estimate of drug-likeness (QED) is 0.274. The van der Waals surface area contributed by atoms with Crippen LogP contribution in [0.4, 0.5) is 0 Å². The molecule has 0 aromatic carbocycles. The van der Waals surface area contributed by atoms with E-state index < -0.39 is 4.84 Å². The number of halogens is 20. The van der Waals surface area contributed by atoms with Crippen molar-refractivity contribution in [2.75, 3.05) is 54.7 Å². The highest BCUT2D eigenvalue weighted by Gasteiger charge is 1.92. The molecule has 0 radical (unpaired) electrons. The Morgan fingerprint density at radius 2 is 0.424 bits per heavy atom. The maximum absolute atomic E-state index is 8.07. The molecule has 0 saturated heterocycles. The topological polar surface area (TPSA) is 20.2 Å². The maximum Gasteiger partial charge on any atom is 0.110 e. The molecule has 0 heterocycles. The summed E-state index contributed by atoms with van der Waals surface area (Å²) in [5, 5.41) is 9.82. The molecular weight excluding hydrogens is 869 g/mol. The highest BCUT2D eigenvalue weighted by atomic mass is 35.6. The lowest BCUT2D eigenvalue weighted by atomic mass is 10.5. The van der Waals surface area contributed by atoms with Gasteiger partial charge in [0.05, 0.1) is 48.1 Å². The van der Waals surface area contributed by atoms with Crippen molar-refractivity contribution in [3.05, 3.63) is 0 Å². The van der Waals surface area contributed by atoms with Crippen LogP contribution in [0, 0.1) is 0 Å². The third-order valence-corrected chi connectivity index (χ3v) is 0.784. The Balaban J connectivity index is -0.0000000226. The summed E-state index contributed by atoms with van der Waals surface area (Å²) in [5.74, 6) is 0. The van der Waals surface area contributed by atoms with Gasteiger partial charge in [-0.25, -0.2) is 0 Å². The summed E-state index contributed by atoms with van der Waals surface area (Å²) in [6.45, 7) is 0.0671. The standard InChI is InChI=1S/C3H6Cl2O.9CH2Cl2/c4-3(5)1-2-6;9*2-1-3/h3,6H,1-2H2;9*1H2. The van der Waals surface area contributed by atoms with Crippen molar-refractivity contribution in [2.24, 2.45) is 0 Å². The Bertz CT molecular complexity index is 113. The maximum atomic E-state index is 8.07. The minimum atomic E-state index is -0.407. The van der Waals surface area contributed by atoms with Crippen molar-refractivity contribution in [1.29, 1.82) is 0 Å². The summed E-state index contributed by atoms with van der Waals surface area (Å²) in [6, 6.07) is 0. The lowest BCUT2D eigenvalue weighted by Crippen LogP contribution is -1.89. The van der Waals surface area contributed by atoms with Crippen LogP contribution in [0.1, 0.15) is 6.42 Å². The molecule has 33 heavy (non-hydrogen) atoms. The van der Waals surface area contributed by atoms with Crippen LogP contribution in [0.3, 0.4) is 0 Å². The van der Waals surface area contributed by atoms with Crippen molar-refractivity contribution in [1.82, 2.24) is 0 Å². The van der Waals surface area contributed by atoms with Crippen molar-refractivity contribution in [2.45, 2.75) is 11.3 Å². The number of hydrogen-bond donors (Lipinski definition) is 1. The first-order chi connectivity index (χ1) is 15.5. The first-order valence-corrected chi connectivity index (χ1v) is 17.0. The highest BCUT2D eigenvalue weighted by molar-refractivity contribution is 6.44. The number of aliphatic hydroxyl groups excluding tert-OH is 1. The second-order valence-electron chi connectivity index (χ2n) is 1.81. The van der Waals surface area contributed by atoms with E-state index in [0.29, 0.717) is 6.42 Å². The van der Waals surface area contributed by atoms with Crippen LogP contribution in [0.2, 0.25) is 0 Å². The third-order valence-electron chi connectivity index (χ3n) is 0.347. The average molecular weight is 893 g/mol. The van der Waals surface area contributed by atoms with Gasteiger partial charge in [0.2, 0.25) is 0 Å². The Hall–Kier alpha value is 5.76. The summed E-state index contributed by atoms with van der Waals surface area (Å²) in [7, 11) is 0. The fourth-order valence-corrected chi connectivity index (χ4v) is 0.293. The molecule has 0 spiro atoms. The molecule has 1 nitrogen and oxygen atoms in total. The normalized spacial score (nSPS) is 6.73. The van der Waals surface area contributed by atoms with Crippen molar-refractivity contribution in [3.63, 3.8) is 0 Å². The molecule has 0 fully saturated rings. The molecular formula is C12H24Cl20O. The van der Waals surface area contributed by atoms with Gasteiger partial charge in [-0.3, -0.25) is 0 Å². The molecule has 0 aliphatic carbocycles. The van der Waals surface area contributed by atoms with Gasteiger partial charge in [0, 0.05) is 13.0 Å². The van der Waals surface area contributed by atoms with Crippen LogP contribution in [-0.2, 0) is 0 Å². The largest absolute Gasteiger partial charge is 0.396 e. The van der Waals surface area contributed by atoms with Gasteiger partial charge in [0.1, 0.15) is 4.84 Å². The van der Waals surface area contributed by atoms with Crippen LogP contribution in [0.15, 0.2) is 0 Å². The van der Waals surface area contributed by atoms with Gasteiger partial charge in [-0.15, -0.1) is 232 Å². The molecule has 0 aromatic heterocycles. The SMILES string of the molecule is ClCCl.ClCCl.ClCCl.ClCCl.ClCCl.ClCCl.ClCCl.ClCCl.ClCCl.OCCC(Cl)Cl. The lowest BCUT2D eigenvalue weighted by Gasteiger charge is -1.90. The van der Waals surface area contributed by atoms with Gasteiger partial charge >= 0.3 is 0 Å². The molecule has 0 amide bonds. The predicted molar refractivity (Wildman–Crippen MR) is 176 cm³/mol. The van der Waals surface area contributed by atoms with E-state index in [1.807, 2.05) is 0 Å². The van der Waals surface area contributed by atoms with Gasteiger partial charge in [0.25, 0.3) is 0 Å². The minimum Gasteiger partial charge on any atom is -0.396 e. The van der Waals surface area contributed by atoms with Crippen LogP contribution in [-0.4, -0.2) is 64.6 Å². The van der Waals surface area contributed by atoms with Crippen molar-refractivity contribution >= 4 is 232 Å². The lowest BCUT2D eigenvalue weighted by molar-refractivity contribution is 0.293. The third kappa shape index (κ3) is 629. The van der Waals surface area contributed by atoms with Gasteiger partial charge in [0.15, 0.2) is 0 Å². The molecule has 0 atom stereocenters. The molecule has 21 heteroatoms. The molecule has 0 saturated carbocycles. The van der Waals surface area contributed by atoms with E-state index in [-0.39, 0.29) is 54.7 Å². The molecule has 0 unspecified atom stereocenters. The van der Waals surface area contributed by atoms with E-state index >= 15 is 0 Å². The smallest absolute Gasteiger partial charge is 0.110 e. The Labute approximate surface area is 299 Å². The Morgan fingerprint density at radius 3 is 0.424 bits per heavy atom. The molecule has 218 valence electrons. The van der Waals surface area contributed by atoms with Gasteiger partial charge < -0.3 is 5.11 Å². The van der Waals surface area contributed by atoms with Crippen LogP contribution >= 0.6 is 232 Å². The van der Waals surface area contributed by atoms with Crippen molar-refractivity contribution in [3.8, 4) is 0 Å². The fraction of sp³-hybridized carbons (Fsp3) is 1.00. The monoisotopic (exact) mass is 884 g/mol. The van der Waals surface area contributed by atoms with E-state index in [0.717, 1.165) is 0 Å². The number of hydrogen-bond acceptors (Lipinski definition) is 1. The molecule has 0 aliphatic heterocycles. The number of alkyl halides is 20. The molecule has 0 bridgehead atoms. The molecule has 0 rings (SSSR count). The summed E-state index contributed by atoms with van der Waals surface area (Å²) >= 11 is 96.1. The summed E-state index contributed by atoms with van der Waals surface area (Å²) < 4.78 is 0. The van der Waals surface area contributed by atoms with Crippen LogP contribution in [0.5, 0.6) is 0 Å². The Kier molecular flexibility index (Phi) is 265. The second kappa shape index (κ2) is 131. The van der Waals surface area contributed by atoms with Crippen LogP contribution < -0.4 is 0 Å². The summed E-state index contributed by atoms with van der Waals surface area (Å²) in [4.78, 5) is -0.407. The number of rotatable bonds is 2. The average Bonchev–Trinajstić information content (AvgIpc) is 2.67. The van der Waals surface area contributed by atoms with E-state index in [4.69, 9.17) is 237 Å². The first-order valence-electron chi connectivity index (χ1n) is 6.47. The van der Waals surface area contributed by atoms with E-state index in [1.54, 1.807) is 0 Å². The molecule has 0 aromatic rings. The van der Waals surface area contributed by atoms with Gasteiger partial charge in [-0.1, -0.05) is 0 Å². The Morgan fingerprint density at radius 1 is 0.333 bits per heavy atom. The van der Waals surface area contributed by atoms with Crippen molar-refractivity contribution < 1.29 is 5.11 Å². The zero-order chi connectivity index (χ0) is 29.4.